The van der Waals surface area contributed by atoms with Crippen LogP contribution in [0.4, 0.5) is 5.82 Å². The fourth-order valence-electron chi connectivity index (χ4n) is 1.64. The number of halogens is 1. The van der Waals surface area contributed by atoms with Gasteiger partial charge in [-0.3, -0.25) is 4.98 Å². The average molecular weight is 278 g/mol. The van der Waals surface area contributed by atoms with Crippen molar-refractivity contribution in [2.24, 2.45) is 0 Å². The number of aromatic amines is 1. The maximum atomic E-state index is 11.0. The molecule has 0 bridgehead atoms. The van der Waals surface area contributed by atoms with Crippen LogP contribution >= 0.6 is 11.6 Å². The standard InChI is InChI=1S/C9H12ClN3O5/c10-3-1-11-9(17)13-7(3)12-8-6(16)5(15)4(2-14)18-8/h1,4-6,8,14-16H,2H2,(H2,11,12,13,17)/t4-,5+,6-,8-/m1/s1. The van der Waals surface area contributed by atoms with Gasteiger partial charge in [-0.2, -0.15) is 0 Å². The van der Waals surface area contributed by atoms with Crippen LogP contribution in [-0.2, 0) is 4.74 Å². The van der Waals surface area contributed by atoms with Crippen LogP contribution in [0.3, 0.4) is 0 Å². The summed E-state index contributed by atoms with van der Waals surface area (Å²) in [6.45, 7) is -0.434. The Balaban J connectivity index is 2.15. The average Bonchev–Trinajstić information content (AvgIpc) is 2.62. The molecule has 0 radical (unpaired) electrons. The molecule has 2 heterocycles. The highest BCUT2D eigenvalue weighted by Gasteiger charge is 2.42. The zero-order valence-electron chi connectivity index (χ0n) is 9.08. The van der Waals surface area contributed by atoms with E-state index in [1.54, 1.807) is 0 Å². The van der Waals surface area contributed by atoms with E-state index >= 15 is 0 Å². The lowest BCUT2D eigenvalue weighted by atomic mass is 10.1. The van der Waals surface area contributed by atoms with Gasteiger partial charge in [-0.25, -0.2) is 9.78 Å². The summed E-state index contributed by atoms with van der Waals surface area (Å²) >= 11 is 5.78. The number of aliphatic hydroxyl groups excluding tert-OH is 3. The number of nitrogens with one attached hydrogen (secondary N) is 2. The smallest absolute Gasteiger partial charge is 0.346 e. The van der Waals surface area contributed by atoms with Gasteiger partial charge in [0.1, 0.15) is 24.1 Å². The molecule has 1 aromatic heterocycles. The summed E-state index contributed by atoms with van der Waals surface area (Å²) in [7, 11) is 0. The molecule has 0 unspecified atom stereocenters. The van der Waals surface area contributed by atoms with Crippen molar-refractivity contribution in [3.63, 3.8) is 0 Å². The molecule has 0 aromatic carbocycles. The van der Waals surface area contributed by atoms with Gasteiger partial charge in [-0.05, 0) is 0 Å². The molecular weight excluding hydrogens is 266 g/mol. The van der Waals surface area contributed by atoms with Crippen LogP contribution in [-0.4, -0.2) is 56.4 Å². The quantitative estimate of drug-likeness (QED) is 0.444. The summed E-state index contributed by atoms with van der Waals surface area (Å²) < 4.78 is 5.17. The van der Waals surface area contributed by atoms with Crippen molar-refractivity contribution in [2.45, 2.75) is 24.5 Å². The fraction of sp³-hybridized carbons (Fsp3) is 0.556. The molecule has 0 amide bonds. The third-order valence-electron chi connectivity index (χ3n) is 2.59. The van der Waals surface area contributed by atoms with Crippen LogP contribution in [0.15, 0.2) is 11.0 Å². The molecule has 2 rings (SSSR count). The lowest BCUT2D eigenvalue weighted by Gasteiger charge is -2.17. The summed E-state index contributed by atoms with van der Waals surface area (Å²) in [4.78, 5) is 16.8. The zero-order chi connectivity index (χ0) is 13.3. The van der Waals surface area contributed by atoms with Crippen molar-refractivity contribution in [1.82, 2.24) is 9.97 Å². The number of ether oxygens (including phenoxy) is 1. The molecule has 0 aliphatic carbocycles. The van der Waals surface area contributed by atoms with Crippen LogP contribution < -0.4 is 11.0 Å². The number of aliphatic hydroxyl groups is 3. The second-order valence-corrected chi connectivity index (χ2v) is 4.22. The highest BCUT2D eigenvalue weighted by Crippen LogP contribution is 2.24. The first kappa shape index (κ1) is 13.2. The van der Waals surface area contributed by atoms with E-state index in [9.17, 15) is 15.0 Å². The predicted octanol–water partition coefficient (Wildman–Crippen LogP) is -1.73. The van der Waals surface area contributed by atoms with Gasteiger partial charge >= 0.3 is 5.69 Å². The lowest BCUT2D eigenvalue weighted by Crippen LogP contribution is -2.37. The number of hydrogen-bond donors (Lipinski definition) is 5. The van der Waals surface area contributed by atoms with E-state index in [-0.39, 0.29) is 10.8 Å². The number of nitrogens with zero attached hydrogens (tertiary/aromatic N) is 1. The zero-order valence-corrected chi connectivity index (χ0v) is 9.83. The van der Waals surface area contributed by atoms with Crippen LogP contribution in [0.1, 0.15) is 0 Å². The molecule has 1 saturated heterocycles. The van der Waals surface area contributed by atoms with E-state index in [2.05, 4.69) is 15.3 Å². The Morgan fingerprint density at radius 2 is 2.22 bits per heavy atom. The molecule has 100 valence electrons. The molecule has 5 N–H and O–H groups in total. The van der Waals surface area contributed by atoms with Gasteiger partial charge in [0.05, 0.1) is 17.8 Å². The minimum absolute atomic E-state index is 0.117. The molecule has 1 aliphatic heterocycles. The van der Waals surface area contributed by atoms with Crippen molar-refractivity contribution >= 4 is 17.4 Å². The third kappa shape index (κ3) is 2.47. The van der Waals surface area contributed by atoms with Gasteiger partial charge in [-0.15, -0.1) is 0 Å². The Hall–Kier alpha value is -1.19. The summed E-state index contributed by atoms with van der Waals surface area (Å²) in [5.74, 6) is 0.117. The summed E-state index contributed by atoms with van der Waals surface area (Å²) in [6.07, 6.45) is -3.23. The first-order valence-electron chi connectivity index (χ1n) is 5.16. The lowest BCUT2D eigenvalue weighted by molar-refractivity contribution is -0.0154. The van der Waals surface area contributed by atoms with Gasteiger partial charge in [0, 0.05) is 0 Å². The monoisotopic (exact) mass is 277 g/mol. The molecule has 4 atom stereocenters. The van der Waals surface area contributed by atoms with Crippen molar-refractivity contribution < 1.29 is 20.1 Å². The Morgan fingerprint density at radius 1 is 1.50 bits per heavy atom. The predicted molar refractivity (Wildman–Crippen MR) is 61.3 cm³/mol. The Kier molecular flexibility index (Phi) is 3.83. The number of aromatic nitrogens is 2. The van der Waals surface area contributed by atoms with Crippen LogP contribution in [0.2, 0.25) is 5.02 Å². The number of rotatable bonds is 3. The molecule has 9 heteroatoms. The second-order valence-electron chi connectivity index (χ2n) is 3.81. The van der Waals surface area contributed by atoms with Crippen LogP contribution in [0.5, 0.6) is 0 Å². The molecular formula is C9H12ClN3O5. The van der Waals surface area contributed by atoms with E-state index in [1.165, 1.54) is 0 Å². The maximum Gasteiger partial charge on any atom is 0.346 e. The highest BCUT2D eigenvalue weighted by molar-refractivity contribution is 6.32. The summed E-state index contributed by atoms with van der Waals surface area (Å²) in [6, 6.07) is 0. The van der Waals surface area contributed by atoms with E-state index in [0.29, 0.717) is 0 Å². The van der Waals surface area contributed by atoms with E-state index in [1.807, 2.05) is 0 Å². The second kappa shape index (κ2) is 5.21. The molecule has 0 spiro atoms. The van der Waals surface area contributed by atoms with Crippen molar-refractivity contribution in [3.05, 3.63) is 21.7 Å². The third-order valence-corrected chi connectivity index (χ3v) is 2.88. The molecule has 18 heavy (non-hydrogen) atoms. The minimum atomic E-state index is -1.25. The van der Waals surface area contributed by atoms with Gasteiger partial charge in [0.15, 0.2) is 6.23 Å². The van der Waals surface area contributed by atoms with Gasteiger partial charge in [0.2, 0.25) is 0 Å². The largest absolute Gasteiger partial charge is 0.394 e. The topological polar surface area (TPSA) is 128 Å². The molecule has 1 fully saturated rings. The van der Waals surface area contributed by atoms with Gasteiger partial charge in [-0.1, -0.05) is 11.6 Å². The van der Waals surface area contributed by atoms with E-state index in [4.69, 9.17) is 21.4 Å². The van der Waals surface area contributed by atoms with Crippen molar-refractivity contribution in [2.75, 3.05) is 11.9 Å². The SMILES string of the molecule is O=c1ncc(Cl)c(N[C@@H]2O[C@H](CO)[C@H](O)[C@H]2O)[nH]1. The summed E-state index contributed by atoms with van der Waals surface area (Å²) in [5.41, 5.74) is -0.617. The van der Waals surface area contributed by atoms with Gasteiger partial charge in [0.25, 0.3) is 0 Å². The van der Waals surface area contributed by atoms with E-state index in [0.717, 1.165) is 6.20 Å². The highest BCUT2D eigenvalue weighted by atomic mass is 35.5. The Morgan fingerprint density at radius 3 is 2.83 bits per heavy atom. The van der Waals surface area contributed by atoms with Crippen LogP contribution in [0, 0.1) is 0 Å². The Labute approximate surface area is 106 Å². The first-order valence-corrected chi connectivity index (χ1v) is 5.54. The first-order chi connectivity index (χ1) is 8.52. The maximum absolute atomic E-state index is 11.0. The number of anilines is 1. The van der Waals surface area contributed by atoms with Crippen LogP contribution in [0.25, 0.3) is 0 Å². The molecule has 1 aromatic rings. The minimum Gasteiger partial charge on any atom is -0.394 e. The van der Waals surface area contributed by atoms with Crippen molar-refractivity contribution in [3.8, 4) is 0 Å². The number of H-pyrrole nitrogens is 1. The van der Waals surface area contributed by atoms with E-state index < -0.39 is 36.8 Å². The summed E-state index contributed by atoms with van der Waals surface area (Å²) in [5, 5.41) is 30.9. The normalized spacial score (nSPS) is 31.6. The fourth-order valence-corrected chi connectivity index (χ4v) is 1.80. The molecule has 0 saturated carbocycles. The molecule has 8 nitrogen and oxygen atoms in total. The van der Waals surface area contributed by atoms with Gasteiger partial charge < -0.3 is 25.4 Å². The number of hydrogen-bond acceptors (Lipinski definition) is 7. The van der Waals surface area contributed by atoms with Crippen molar-refractivity contribution in [1.29, 1.82) is 0 Å². The molecule has 1 aliphatic rings. The Bertz CT molecular complexity index is 482.